The monoisotopic (exact) mass is 367 g/mol. The second-order valence-electron chi connectivity index (χ2n) is 6.45. The zero-order chi connectivity index (χ0) is 19.4. The molecule has 0 spiro atoms. The molecule has 0 radical (unpaired) electrons. The zero-order valence-electron chi connectivity index (χ0n) is 16.2. The molecule has 6 nitrogen and oxygen atoms in total. The number of imidazole rings is 1. The van der Waals surface area contributed by atoms with E-state index in [0.717, 1.165) is 29.0 Å². The van der Waals surface area contributed by atoms with Crippen molar-refractivity contribution in [2.75, 3.05) is 20.8 Å². The largest absolute Gasteiger partial charge is 0.493 e. The fourth-order valence-corrected chi connectivity index (χ4v) is 3.04. The highest BCUT2D eigenvalue weighted by Gasteiger charge is 2.16. The number of fused-ring (bicyclic) bond motifs is 1. The maximum Gasteiger partial charge on any atom is 0.260 e. The zero-order valence-corrected chi connectivity index (χ0v) is 16.2. The number of para-hydroxylation sites is 2. The van der Waals surface area contributed by atoms with Crippen LogP contribution >= 0.6 is 0 Å². The maximum atomic E-state index is 12.5. The molecule has 0 bridgehead atoms. The summed E-state index contributed by atoms with van der Waals surface area (Å²) in [4.78, 5) is 18.8. The van der Waals surface area contributed by atoms with Gasteiger partial charge in [0, 0.05) is 13.6 Å². The van der Waals surface area contributed by atoms with Crippen LogP contribution in [0.25, 0.3) is 11.0 Å². The molecule has 3 rings (SSSR count). The topological polar surface area (TPSA) is 56.6 Å². The van der Waals surface area contributed by atoms with Crippen LogP contribution in [0.4, 0.5) is 0 Å². The van der Waals surface area contributed by atoms with E-state index in [1.807, 2.05) is 49.4 Å². The number of rotatable bonds is 7. The molecule has 0 N–H and O–H groups in total. The molecule has 6 heteroatoms. The fraction of sp³-hybridized carbons (Fsp3) is 0.333. The molecule has 1 heterocycles. The molecule has 0 aliphatic rings. The summed E-state index contributed by atoms with van der Waals surface area (Å²) in [5, 5.41) is 0. The summed E-state index contributed by atoms with van der Waals surface area (Å²) in [6.45, 7) is 5.23. The molecule has 0 aliphatic heterocycles. The number of hydrogen-bond donors (Lipinski definition) is 0. The standard InChI is InChI=1S/C21H25N3O3/c1-5-24-17-9-7-6-8-16(17)22-20(24)13-23(3)21(25)14-27-18-11-10-15(2)12-19(18)26-4/h6-12H,5,13-14H2,1-4H3. The second-order valence-corrected chi connectivity index (χ2v) is 6.45. The predicted octanol–water partition coefficient (Wildman–Crippen LogP) is 3.41. The molecule has 0 saturated heterocycles. The van der Waals surface area contributed by atoms with Gasteiger partial charge in [-0.05, 0) is 43.7 Å². The molecule has 0 fully saturated rings. The SMILES string of the molecule is CCn1c(CN(C)C(=O)COc2ccc(C)cc2OC)nc2ccccc21. The summed E-state index contributed by atoms with van der Waals surface area (Å²) in [5.41, 5.74) is 3.09. The van der Waals surface area contributed by atoms with Crippen molar-refractivity contribution in [3.63, 3.8) is 0 Å². The number of benzene rings is 2. The van der Waals surface area contributed by atoms with Crippen molar-refractivity contribution in [3.8, 4) is 11.5 Å². The van der Waals surface area contributed by atoms with Crippen molar-refractivity contribution in [1.29, 1.82) is 0 Å². The Labute approximate surface area is 159 Å². The van der Waals surface area contributed by atoms with Crippen molar-refractivity contribution in [3.05, 3.63) is 53.9 Å². The Morgan fingerprint density at radius 1 is 1.19 bits per heavy atom. The van der Waals surface area contributed by atoms with E-state index in [0.29, 0.717) is 18.0 Å². The Balaban J connectivity index is 1.68. The van der Waals surface area contributed by atoms with E-state index in [2.05, 4.69) is 16.5 Å². The van der Waals surface area contributed by atoms with E-state index in [1.54, 1.807) is 19.1 Å². The molecular formula is C21H25N3O3. The average Bonchev–Trinajstić information content (AvgIpc) is 3.03. The lowest BCUT2D eigenvalue weighted by Gasteiger charge is -2.18. The van der Waals surface area contributed by atoms with Crippen LogP contribution < -0.4 is 9.47 Å². The number of carbonyl (C=O) groups excluding carboxylic acids is 1. The lowest BCUT2D eigenvalue weighted by molar-refractivity contribution is -0.132. The van der Waals surface area contributed by atoms with E-state index >= 15 is 0 Å². The highest BCUT2D eigenvalue weighted by Crippen LogP contribution is 2.27. The third kappa shape index (κ3) is 4.05. The van der Waals surface area contributed by atoms with Gasteiger partial charge in [-0.15, -0.1) is 0 Å². The van der Waals surface area contributed by atoms with Crippen LogP contribution in [0.5, 0.6) is 11.5 Å². The van der Waals surface area contributed by atoms with Crippen molar-refractivity contribution in [2.24, 2.45) is 0 Å². The average molecular weight is 367 g/mol. The summed E-state index contributed by atoms with van der Waals surface area (Å²) >= 11 is 0. The number of aromatic nitrogens is 2. The molecule has 0 aliphatic carbocycles. The first-order valence-corrected chi connectivity index (χ1v) is 8.99. The molecule has 0 saturated carbocycles. The number of amides is 1. The van der Waals surface area contributed by atoms with Gasteiger partial charge in [0.15, 0.2) is 18.1 Å². The fourth-order valence-electron chi connectivity index (χ4n) is 3.04. The van der Waals surface area contributed by atoms with Gasteiger partial charge < -0.3 is 18.9 Å². The highest BCUT2D eigenvalue weighted by molar-refractivity contribution is 5.78. The normalized spacial score (nSPS) is 10.8. The minimum absolute atomic E-state index is 0.0533. The van der Waals surface area contributed by atoms with E-state index in [1.165, 1.54) is 0 Å². The van der Waals surface area contributed by atoms with Gasteiger partial charge in [-0.3, -0.25) is 4.79 Å². The minimum atomic E-state index is -0.118. The molecule has 142 valence electrons. The molecule has 3 aromatic rings. The highest BCUT2D eigenvalue weighted by atomic mass is 16.5. The van der Waals surface area contributed by atoms with E-state index < -0.39 is 0 Å². The van der Waals surface area contributed by atoms with Crippen molar-refractivity contribution >= 4 is 16.9 Å². The van der Waals surface area contributed by atoms with Gasteiger partial charge >= 0.3 is 0 Å². The first-order chi connectivity index (χ1) is 13.0. The van der Waals surface area contributed by atoms with Crippen LogP contribution in [0.1, 0.15) is 18.3 Å². The van der Waals surface area contributed by atoms with Gasteiger partial charge in [0.2, 0.25) is 0 Å². The lowest BCUT2D eigenvalue weighted by atomic mass is 10.2. The van der Waals surface area contributed by atoms with Crippen LogP contribution in [-0.4, -0.2) is 41.1 Å². The minimum Gasteiger partial charge on any atom is -0.493 e. The first kappa shape index (κ1) is 18.8. The Morgan fingerprint density at radius 3 is 2.70 bits per heavy atom. The Morgan fingerprint density at radius 2 is 1.96 bits per heavy atom. The van der Waals surface area contributed by atoms with Gasteiger partial charge in [-0.25, -0.2) is 4.98 Å². The number of hydrogen-bond acceptors (Lipinski definition) is 4. The smallest absolute Gasteiger partial charge is 0.260 e. The number of carbonyl (C=O) groups is 1. The van der Waals surface area contributed by atoms with Crippen molar-refractivity contribution < 1.29 is 14.3 Å². The Bertz CT molecular complexity index is 949. The number of ether oxygens (including phenoxy) is 2. The summed E-state index contributed by atoms with van der Waals surface area (Å²) in [6, 6.07) is 13.6. The quantitative estimate of drug-likeness (QED) is 0.642. The van der Waals surface area contributed by atoms with Gasteiger partial charge in [0.05, 0.1) is 24.7 Å². The predicted molar refractivity (Wildman–Crippen MR) is 105 cm³/mol. The van der Waals surface area contributed by atoms with Crippen LogP contribution in [0.15, 0.2) is 42.5 Å². The number of methoxy groups -OCH3 is 1. The molecule has 27 heavy (non-hydrogen) atoms. The molecule has 0 unspecified atom stereocenters. The summed E-state index contributed by atoms with van der Waals surface area (Å²) < 4.78 is 13.1. The Kier molecular flexibility index (Phi) is 5.64. The first-order valence-electron chi connectivity index (χ1n) is 8.99. The van der Waals surface area contributed by atoms with Crippen LogP contribution in [0.3, 0.4) is 0 Å². The van der Waals surface area contributed by atoms with E-state index in [-0.39, 0.29) is 12.5 Å². The van der Waals surface area contributed by atoms with Gasteiger partial charge in [-0.1, -0.05) is 18.2 Å². The summed E-state index contributed by atoms with van der Waals surface area (Å²) in [6.07, 6.45) is 0. The van der Waals surface area contributed by atoms with Crippen LogP contribution in [0, 0.1) is 6.92 Å². The van der Waals surface area contributed by atoms with Crippen LogP contribution in [0.2, 0.25) is 0 Å². The Hall–Kier alpha value is -3.02. The maximum absolute atomic E-state index is 12.5. The molecular weight excluding hydrogens is 342 g/mol. The molecule has 2 aromatic carbocycles. The van der Waals surface area contributed by atoms with Gasteiger partial charge in [-0.2, -0.15) is 0 Å². The molecule has 0 atom stereocenters. The number of nitrogens with zero attached hydrogens (tertiary/aromatic N) is 3. The third-order valence-electron chi connectivity index (χ3n) is 4.52. The van der Waals surface area contributed by atoms with Gasteiger partial charge in [0.1, 0.15) is 5.82 Å². The van der Waals surface area contributed by atoms with Gasteiger partial charge in [0.25, 0.3) is 5.91 Å². The van der Waals surface area contributed by atoms with E-state index in [4.69, 9.17) is 9.47 Å². The summed E-state index contributed by atoms with van der Waals surface area (Å²) in [7, 11) is 3.35. The number of likely N-dealkylation sites (N-methyl/N-ethyl adjacent to an activating group) is 1. The summed E-state index contributed by atoms with van der Waals surface area (Å²) in [5.74, 6) is 1.93. The van der Waals surface area contributed by atoms with E-state index in [9.17, 15) is 4.79 Å². The van der Waals surface area contributed by atoms with Crippen molar-refractivity contribution in [2.45, 2.75) is 26.9 Å². The van der Waals surface area contributed by atoms with Crippen molar-refractivity contribution in [1.82, 2.24) is 14.5 Å². The van der Waals surface area contributed by atoms with Crippen LogP contribution in [-0.2, 0) is 17.9 Å². The lowest BCUT2D eigenvalue weighted by Crippen LogP contribution is -2.32. The number of aryl methyl sites for hydroxylation is 2. The molecule has 1 aromatic heterocycles. The molecule has 1 amide bonds. The second kappa shape index (κ2) is 8.12. The third-order valence-corrected chi connectivity index (χ3v) is 4.52.